The third-order valence-corrected chi connectivity index (χ3v) is 5.05. The topological polar surface area (TPSA) is 68.0 Å². The van der Waals surface area contributed by atoms with Crippen LogP contribution in [0.5, 0.6) is 17.2 Å². The maximum absolute atomic E-state index is 9.39. The molecule has 0 bridgehead atoms. The molecule has 154 valence electrons. The molecular formula is C23H14Cl3N3O2. The number of halogens is 3. The molecule has 0 radical (unpaired) electrons. The monoisotopic (exact) mass is 469 g/mol. The Morgan fingerprint density at radius 1 is 0.935 bits per heavy atom. The van der Waals surface area contributed by atoms with Crippen LogP contribution in [0.1, 0.15) is 5.56 Å². The van der Waals surface area contributed by atoms with Crippen LogP contribution in [0.25, 0.3) is 22.0 Å². The molecule has 4 aromatic rings. The van der Waals surface area contributed by atoms with Gasteiger partial charge in [0, 0.05) is 23.7 Å². The van der Waals surface area contributed by atoms with Gasteiger partial charge in [0.1, 0.15) is 24.2 Å². The first-order valence-electron chi connectivity index (χ1n) is 9.20. The van der Waals surface area contributed by atoms with E-state index < -0.39 is 0 Å². The maximum Gasteiger partial charge on any atom is 0.222 e. The number of fused-ring (bicyclic) bond motifs is 1. The molecule has 0 saturated heterocycles. The Kier molecular flexibility index (Phi) is 6.43. The van der Waals surface area contributed by atoms with Crippen LogP contribution in [0, 0.1) is 11.3 Å². The molecule has 0 spiro atoms. The first kappa shape index (κ1) is 21.2. The molecule has 0 fully saturated rings. The predicted molar refractivity (Wildman–Crippen MR) is 122 cm³/mol. The SMILES string of the molecule is N#Cc1cc(Oc2ccc(-c3ccc4nc(Cl)ncc4c3)cc2)cc(Cl)c1OCCCl. The molecule has 8 heteroatoms. The van der Waals surface area contributed by atoms with Crippen molar-refractivity contribution in [3.05, 3.63) is 76.7 Å². The van der Waals surface area contributed by atoms with Gasteiger partial charge in [0.05, 0.1) is 22.0 Å². The fourth-order valence-corrected chi connectivity index (χ4v) is 3.52. The lowest BCUT2D eigenvalue weighted by Gasteiger charge is -2.12. The van der Waals surface area contributed by atoms with Crippen molar-refractivity contribution in [3.8, 4) is 34.4 Å². The van der Waals surface area contributed by atoms with Crippen molar-refractivity contribution in [2.75, 3.05) is 12.5 Å². The van der Waals surface area contributed by atoms with Crippen LogP contribution in [0.15, 0.2) is 60.8 Å². The number of nitrogens with zero attached hydrogens (tertiary/aromatic N) is 3. The first-order chi connectivity index (χ1) is 15.1. The molecule has 1 heterocycles. The molecule has 0 amide bonds. The van der Waals surface area contributed by atoms with E-state index in [1.54, 1.807) is 18.3 Å². The minimum Gasteiger partial charge on any atom is -0.489 e. The van der Waals surface area contributed by atoms with E-state index in [1.165, 1.54) is 0 Å². The Morgan fingerprint density at radius 3 is 2.45 bits per heavy atom. The Bertz CT molecular complexity index is 1290. The Hall–Kier alpha value is -3.04. The van der Waals surface area contributed by atoms with E-state index in [-0.39, 0.29) is 22.5 Å². The van der Waals surface area contributed by atoms with Crippen LogP contribution < -0.4 is 9.47 Å². The summed E-state index contributed by atoms with van der Waals surface area (Å²) in [5.74, 6) is 1.64. The molecule has 1 aromatic heterocycles. The van der Waals surface area contributed by atoms with E-state index in [1.807, 2.05) is 42.5 Å². The molecule has 0 saturated carbocycles. The van der Waals surface area contributed by atoms with Gasteiger partial charge in [-0.05, 0) is 47.0 Å². The maximum atomic E-state index is 9.39. The molecule has 0 N–H and O–H groups in total. The van der Waals surface area contributed by atoms with Gasteiger partial charge in [-0.3, -0.25) is 0 Å². The summed E-state index contributed by atoms with van der Waals surface area (Å²) in [6.07, 6.45) is 1.70. The summed E-state index contributed by atoms with van der Waals surface area (Å²) >= 11 is 17.7. The highest BCUT2D eigenvalue weighted by Crippen LogP contribution is 2.35. The second kappa shape index (κ2) is 9.40. The largest absolute Gasteiger partial charge is 0.489 e. The number of rotatable bonds is 6. The summed E-state index contributed by atoms with van der Waals surface area (Å²) in [5.41, 5.74) is 3.08. The van der Waals surface area contributed by atoms with Gasteiger partial charge in [-0.15, -0.1) is 11.6 Å². The highest BCUT2D eigenvalue weighted by Gasteiger charge is 2.13. The van der Waals surface area contributed by atoms with Gasteiger partial charge in [-0.25, -0.2) is 9.97 Å². The molecule has 0 aliphatic carbocycles. The molecule has 0 atom stereocenters. The Morgan fingerprint density at radius 2 is 1.71 bits per heavy atom. The average Bonchev–Trinajstić information content (AvgIpc) is 2.78. The van der Waals surface area contributed by atoms with E-state index in [0.717, 1.165) is 22.0 Å². The highest BCUT2D eigenvalue weighted by molar-refractivity contribution is 6.32. The third kappa shape index (κ3) is 4.83. The Labute approximate surface area is 193 Å². The van der Waals surface area contributed by atoms with Gasteiger partial charge in [0.25, 0.3) is 0 Å². The molecule has 4 rings (SSSR count). The number of ether oxygens (including phenoxy) is 2. The van der Waals surface area contributed by atoms with Gasteiger partial charge < -0.3 is 9.47 Å². The molecule has 3 aromatic carbocycles. The van der Waals surface area contributed by atoms with Crippen molar-refractivity contribution in [1.29, 1.82) is 5.26 Å². The smallest absolute Gasteiger partial charge is 0.222 e. The minimum absolute atomic E-state index is 0.222. The van der Waals surface area contributed by atoms with E-state index >= 15 is 0 Å². The minimum atomic E-state index is 0.222. The fourth-order valence-electron chi connectivity index (χ4n) is 3.04. The summed E-state index contributed by atoms with van der Waals surface area (Å²) in [6.45, 7) is 0.256. The zero-order chi connectivity index (χ0) is 21.8. The van der Waals surface area contributed by atoms with Crippen molar-refractivity contribution in [3.63, 3.8) is 0 Å². The van der Waals surface area contributed by atoms with Crippen LogP contribution >= 0.6 is 34.8 Å². The highest BCUT2D eigenvalue weighted by atomic mass is 35.5. The van der Waals surface area contributed by atoms with Crippen LogP contribution in [0.2, 0.25) is 10.3 Å². The lowest BCUT2D eigenvalue weighted by Crippen LogP contribution is -2.01. The molecule has 0 unspecified atom stereocenters. The summed E-state index contributed by atoms with van der Waals surface area (Å²) in [4.78, 5) is 8.23. The quantitative estimate of drug-likeness (QED) is 0.227. The molecule has 31 heavy (non-hydrogen) atoms. The van der Waals surface area contributed by atoms with E-state index in [0.29, 0.717) is 23.1 Å². The van der Waals surface area contributed by atoms with Crippen molar-refractivity contribution in [2.24, 2.45) is 0 Å². The zero-order valence-electron chi connectivity index (χ0n) is 16.0. The van der Waals surface area contributed by atoms with Gasteiger partial charge in [-0.2, -0.15) is 5.26 Å². The normalized spacial score (nSPS) is 10.6. The lowest BCUT2D eigenvalue weighted by atomic mass is 10.0. The number of hydrogen-bond acceptors (Lipinski definition) is 5. The number of nitriles is 1. The Balaban J connectivity index is 1.56. The number of hydrogen-bond donors (Lipinski definition) is 0. The summed E-state index contributed by atoms with van der Waals surface area (Å²) < 4.78 is 11.3. The summed E-state index contributed by atoms with van der Waals surface area (Å²) in [6, 6.07) is 18.7. The fraction of sp³-hybridized carbons (Fsp3) is 0.0870. The number of aromatic nitrogens is 2. The van der Waals surface area contributed by atoms with Crippen LogP contribution in [0.3, 0.4) is 0 Å². The van der Waals surface area contributed by atoms with E-state index in [4.69, 9.17) is 44.3 Å². The summed E-state index contributed by atoms with van der Waals surface area (Å²) in [7, 11) is 0. The second-order valence-corrected chi connectivity index (χ2v) is 7.59. The van der Waals surface area contributed by atoms with Gasteiger partial charge in [-0.1, -0.05) is 29.8 Å². The molecular weight excluding hydrogens is 457 g/mol. The zero-order valence-corrected chi connectivity index (χ0v) is 18.2. The average molecular weight is 471 g/mol. The van der Waals surface area contributed by atoms with Crippen molar-refractivity contribution >= 4 is 45.7 Å². The third-order valence-electron chi connectivity index (χ3n) is 4.43. The van der Waals surface area contributed by atoms with Crippen molar-refractivity contribution < 1.29 is 9.47 Å². The van der Waals surface area contributed by atoms with E-state index in [2.05, 4.69) is 16.0 Å². The predicted octanol–water partition coefficient (Wildman–Crippen LogP) is 6.89. The summed E-state index contributed by atoms with van der Waals surface area (Å²) in [5, 5.41) is 10.8. The van der Waals surface area contributed by atoms with Crippen LogP contribution in [-0.2, 0) is 0 Å². The van der Waals surface area contributed by atoms with Crippen LogP contribution in [0.4, 0.5) is 0 Å². The van der Waals surface area contributed by atoms with Gasteiger partial charge in [0.15, 0.2) is 5.75 Å². The van der Waals surface area contributed by atoms with E-state index in [9.17, 15) is 5.26 Å². The molecule has 5 nitrogen and oxygen atoms in total. The number of alkyl halides is 1. The number of benzene rings is 3. The molecule has 0 aliphatic heterocycles. The van der Waals surface area contributed by atoms with Gasteiger partial charge in [0.2, 0.25) is 5.28 Å². The standard InChI is InChI=1S/C23H14Cl3N3O2/c24-7-8-30-22-16(12-27)10-19(11-20(22)25)31-18-4-1-14(2-5-18)15-3-6-21-17(9-15)13-28-23(26)29-21/h1-6,9-11,13H,7-8H2. The van der Waals surface area contributed by atoms with Crippen molar-refractivity contribution in [1.82, 2.24) is 9.97 Å². The van der Waals surface area contributed by atoms with Crippen LogP contribution in [-0.4, -0.2) is 22.5 Å². The first-order valence-corrected chi connectivity index (χ1v) is 10.5. The van der Waals surface area contributed by atoms with Gasteiger partial charge >= 0.3 is 0 Å². The van der Waals surface area contributed by atoms with Crippen molar-refractivity contribution in [2.45, 2.75) is 0 Å². The lowest BCUT2D eigenvalue weighted by molar-refractivity contribution is 0.341. The second-order valence-electron chi connectivity index (χ2n) is 6.47. The molecule has 0 aliphatic rings.